The normalized spacial score (nSPS) is 18.8. The summed E-state index contributed by atoms with van der Waals surface area (Å²) in [6.07, 6.45) is 4.07. The van der Waals surface area contributed by atoms with Gasteiger partial charge >= 0.3 is 0 Å². The number of nitrogens with zero attached hydrogens (tertiary/aromatic N) is 4. The van der Waals surface area contributed by atoms with Crippen LogP contribution in [-0.4, -0.2) is 20.8 Å². The summed E-state index contributed by atoms with van der Waals surface area (Å²) in [6, 6.07) is 2.17. The quantitative estimate of drug-likeness (QED) is 0.840. The number of carbonyl (C=O) groups excluding carboxylic acids is 1. The van der Waals surface area contributed by atoms with E-state index in [1.165, 1.54) is 0 Å². The lowest BCUT2D eigenvalue weighted by atomic mass is 10.1. The molecule has 1 fully saturated rings. The highest BCUT2D eigenvalue weighted by molar-refractivity contribution is 5.88. The highest BCUT2D eigenvalue weighted by Gasteiger charge is 2.53. The number of fused-ring (bicyclic) bond motifs is 1. The summed E-state index contributed by atoms with van der Waals surface area (Å²) in [6.45, 7) is 5.33. The maximum Gasteiger partial charge on any atom is 0.243 e. The lowest BCUT2D eigenvalue weighted by Gasteiger charge is -2.17. The van der Waals surface area contributed by atoms with E-state index in [0.29, 0.717) is 31.8 Å². The molecule has 1 aliphatic heterocycles. The minimum Gasteiger partial charge on any atom is -0.331 e. The lowest BCUT2D eigenvalue weighted by molar-refractivity contribution is -0.135. The van der Waals surface area contributed by atoms with Gasteiger partial charge in [0, 0.05) is 24.7 Å². The van der Waals surface area contributed by atoms with E-state index in [4.69, 9.17) is 5.26 Å². The van der Waals surface area contributed by atoms with E-state index in [9.17, 15) is 4.79 Å². The molecule has 2 heterocycles. The summed E-state index contributed by atoms with van der Waals surface area (Å²) in [4.78, 5) is 23.0. The zero-order valence-electron chi connectivity index (χ0n) is 11.9. The number of rotatable bonds is 3. The Labute approximate surface area is 118 Å². The number of hydrogen-bond acceptors (Lipinski definition) is 4. The molecule has 1 saturated carbocycles. The number of aromatic nitrogens is 2. The van der Waals surface area contributed by atoms with Gasteiger partial charge in [-0.1, -0.05) is 13.8 Å². The molecule has 0 radical (unpaired) electrons. The Morgan fingerprint density at radius 1 is 1.50 bits per heavy atom. The molecule has 0 bridgehead atoms. The molecule has 1 amide bonds. The van der Waals surface area contributed by atoms with Crippen LogP contribution in [0.1, 0.15) is 43.8 Å². The predicted molar refractivity (Wildman–Crippen MR) is 72.1 cm³/mol. The SMILES string of the molecule is CC(C)Cc1ncc2c(n1)CN(C(=O)C1(C#N)CC1)C2. The average Bonchev–Trinajstić information content (AvgIpc) is 3.10. The first-order valence-electron chi connectivity index (χ1n) is 7.08. The first-order chi connectivity index (χ1) is 9.54. The molecule has 2 aliphatic rings. The molecule has 1 aromatic heterocycles. The van der Waals surface area contributed by atoms with Gasteiger partial charge in [-0.2, -0.15) is 5.26 Å². The van der Waals surface area contributed by atoms with Gasteiger partial charge in [-0.3, -0.25) is 4.79 Å². The molecule has 3 rings (SSSR count). The topological polar surface area (TPSA) is 69.9 Å². The third kappa shape index (κ3) is 2.15. The van der Waals surface area contributed by atoms with Crippen molar-refractivity contribution in [2.45, 2.75) is 46.2 Å². The van der Waals surface area contributed by atoms with Crippen molar-refractivity contribution in [2.24, 2.45) is 11.3 Å². The third-order valence-corrected chi connectivity index (χ3v) is 3.96. The molecule has 0 spiro atoms. The molecule has 0 N–H and O–H groups in total. The maximum absolute atomic E-state index is 12.3. The van der Waals surface area contributed by atoms with E-state index >= 15 is 0 Å². The molecule has 0 unspecified atom stereocenters. The standard InChI is InChI=1S/C15H18N4O/c1-10(2)5-13-17-6-11-7-19(8-12(11)18-13)14(20)15(9-16)3-4-15/h6,10H,3-5,7-8H2,1-2H3. The Morgan fingerprint density at radius 2 is 2.25 bits per heavy atom. The Bertz CT molecular complexity index is 598. The molecule has 0 saturated heterocycles. The molecule has 5 heteroatoms. The second-order valence-corrected chi connectivity index (χ2v) is 6.21. The van der Waals surface area contributed by atoms with Crippen LogP contribution in [0.25, 0.3) is 0 Å². The van der Waals surface area contributed by atoms with E-state index in [1.54, 1.807) is 4.90 Å². The number of amides is 1. The third-order valence-electron chi connectivity index (χ3n) is 3.96. The van der Waals surface area contributed by atoms with Gasteiger partial charge < -0.3 is 4.90 Å². The number of carbonyl (C=O) groups is 1. The smallest absolute Gasteiger partial charge is 0.243 e. The Morgan fingerprint density at radius 3 is 2.85 bits per heavy atom. The second-order valence-electron chi connectivity index (χ2n) is 6.21. The van der Waals surface area contributed by atoms with Crippen LogP contribution >= 0.6 is 0 Å². The maximum atomic E-state index is 12.3. The summed E-state index contributed by atoms with van der Waals surface area (Å²) in [5.74, 6) is 1.32. The van der Waals surface area contributed by atoms with Gasteiger partial charge in [0.2, 0.25) is 5.91 Å². The Hall–Kier alpha value is -1.96. The first kappa shape index (κ1) is 13.0. The van der Waals surface area contributed by atoms with Crippen molar-refractivity contribution in [3.63, 3.8) is 0 Å². The average molecular weight is 270 g/mol. The number of nitriles is 1. The molecule has 1 aliphatic carbocycles. The second kappa shape index (κ2) is 4.55. The highest BCUT2D eigenvalue weighted by atomic mass is 16.2. The fraction of sp³-hybridized carbons (Fsp3) is 0.600. The largest absolute Gasteiger partial charge is 0.331 e. The van der Waals surface area contributed by atoms with Gasteiger partial charge in [-0.25, -0.2) is 9.97 Å². The van der Waals surface area contributed by atoms with Gasteiger partial charge in [0.1, 0.15) is 11.2 Å². The van der Waals surface area contributed by atoms with Crippen LogP contribution in [0.2, 0.25) is 0 Å². The van der Waals surface area contributed by atoms with E-state index in [2.05, 4.69) is 29.9 Å². The predicted octanol–water partition coefficient (Wildman–Crippen LogP) is 1.82. The minimum atomic E-state index is -0.740. The summed E-state index contributed by atoms with van der Waals surface area (Å²) in [5, 5.41) is 9.12. The first-order valence-corrected chi connectivity index (χ1v) is 7.08. The number of hydrogen-bond donors (Lipinski definition) is 0. The van der Waals surface area contributed by atoms with Crippen molar-refractivity contribution >= 4 is 5.91 Å². The Kier molecular flexibility index (Phi) is 2.97. The highest BCUT2D eigenvalue weighted by Crippen LogP contribution is 2.47. The van der Waals surface area contributed by atoms with Crippen molar-refractivity contribution in [2.75, 3.05) is 0 Å². The van der Waals surface area contributed by atoms with Gasteiger partial charge in [0.15, 0.2) is 0 Å². The van der Waals surface area contributed by atoms with Crippen molar-refractivity contribution in [3.8, 4) is 6.07 Å². The monoisotopic (exact) mass is 270 g/mol. The van der Waals surface area contributed by atoms with E-state index in [1.807, 2.05) is 6.20 Å². The van der Waals surface area contributed by atoms with E-state index in [-0.39, 0.29) is 5.91 Å². The fourth-order valence-electron chi connectivity index (χ4n) is 2.60. The van der Waals surface area contributed by atoms with E-state index < -0.39 is 5.41 Å². The van der Waals surface area contributed by atoms with Crippen LogP contribution < -0.4 is 0 Å². The van der Waals surface area contributed by atoms with Crippen LogP contribution in [-0.2, 0) is 24.3 Å². The van der Waals surface area contributed by atoms with Gasteiger partial charge in [0.25, 0.3) is 0 Å². The summed E-state index contributed by atoms with van der Waals surface area (Å²) >= 11 is 0. The van der Waals surface area contributed by atoms with Crippen LogP contribution in [0.3, 0.4) is 0 Å². The van der Waals surface area contributed by atoms with Crippen molar-refractivity contribution in [1.29, 1.82) is 5.26 Å². The van der Waals surface area contributed by atoms with Gasteiger partial charge in [-0.15, -0.1) is 0 Å². The molecule has 1 aromatic rings. The van der Waals surface area contributed by atoms with Gasteiger partial charge in [0.05, 0.1) is 18.3 Å². The van der Waals surface area contributed by atoms with Crippen LogP contribution in [0.15, 0.2) is 6.20 Å². The lowest BCUT2D eigenvalue weighted by Crippen LogP contribution is -2.32. The fourth-order valence-corrected chi connectivity index (χ4v) is 2.60. The summed E-state index contributed by atoms with van der Waals surface area (Å²) in [7, 11) is 0. The molecular formula is C15H18N4O. The minimum absolute atomic E-state index is 0.0385. The van der Waals surface area contributed by atoms with Crippen molar-refractivity contribution in [3.05, 3.63) is 23.3 Å². The zero-order chi connectivity index (χ0) is 14.3. The molecule has 0 atom stereocenters. The van der Waals surface area contributed by atoms with Crippen LogP contribution in [0.5, 0.6) is 0 Å². The summed E-state index contributed by atoms with van der Waals surface area (Å²) in [5.41, 5.74) is 1.22. The molecule has 0 aromatic carbocycles. The Balaban J connectivity index is 1.76. The molecule has 5 nitrogen and oxygen atoms in total. The summed E-state index contributed by atoms with van der Waals surface area (Å²) < 4.78 is 0. The molecule has 104 valence electrons. The van der Waals surface area contributed by atoms with Gasteiger partial charge in [-0.05, 0) is 18.8 Å². The van der Waals surface area contributed by atoms with Crippen LogP contribution in [0, 0.1) is 22.7 Å². The molecular weight excluding hydrogens is 252 g/mol. The molecule has 20 heavy (non-hydrogen) atoms. The van der Waals surface area contributed by atoms with Crippen LogP contribution in [0.4, 0.5) is 0 Å². The van der Waals surface area contributed by atoms with E-state index in [0.717, 1.165) is 23.5 Å². The zero-order valence-corrected chi connectivity index (χ0v) is 11.9. The van der Waals surface area contributed by atoms with Crippen molar-refractivity contribution < 1.29 is 4.79 Å². The van der Waals surface area contributed by atoms with Crippen molar-refractivity contribution in [1.82, 2.24) is 14.9 Å².